The van der Waals surface area contributed by atoms with E-state index in [4.69, 9.17) is 9.72 Å². The molecule has 8 rings (SSSR count). The molecule has 0 radical (unpaired) electrons. The number of pyridine rings is 1. The van der Waals surface area contributed by atoms with E-state index in [0.29, 0.717) is 65.9 Å². The second-order valence-electron chi connectivity index (χ2n) is 13.3. The monoisotopic (exact) mass is 609 g/mol. The third kappa shape index (κ3) is 4.60. The van der Waals surface area contributed by atoms with Gasteiger partial charge in [-0.05, 0) is 78.7 Å². The fraction of sp³-hybridized carbons (Fsp3) is 0.444. The van der Waals surface area contributed by atoms with Crippen LogP contribution >= 0.6 is 0 Å². The van der Waals surface area contributed by atoms with Crippen LogP contribution in [-0.4, -0.2) is 71.6 Å². The summed E-state index contributed by atoms with van der Waals surface area (Å²) in [6.45, 7) is 4.88. The molecule has 9 heteroatoms. The number of nitrogens with one attached hydrogen (secondary N) is 1. The van der Waals surface area contributed by atoms with Gasteiger partial charge in [-0.2, -0.15) is 5.26 Å². The summed E-state index contributed by atoms with van der Waals surface area (Å²) >= 11 is 0. The zero-order valence-electron chi connectivity index (χ0n) is 25.5. The van der Waals surface area contributed by atoms with E-state index in [-0.39, 0.29) is 23.8 Å². The van der Waals surface area contributed by atoms with Crippen LogP contribution < -0.4 is 15.0 Å². The van der Waals surface area contributed by atoms with E-state index >= 15 is 4.39 Å². The van der Waals surface area contributed by atoms with Crippen LogP contribution in [0.5, 0.6) is 11.6 Å². The number of fused-ring (bicyclic) bond motifs is 5. The Morgan fingerprint density at radius 1 is 1.13 bits per heavy atom. The number of aromatic nitrogens is 1. The van der Waals surface area contributed by atoms with E-state index in [1.54, 1.807) is 18.2 Å². The maximum atomic E-state index is 17.0. The molecule has 4 saturated heterocycles. The minimum absolute atomic E-state index is 0.0575. The fourth-order valence-electron chi connectivity index (χ4n) is 8.63. The molecule has 7 nitrogen and oxygen atoms in total. The number of phenols is 1. The molecule has 45 heavy (non-hydrogen) atoms. The van der Waals surface area contributed by atoms with E-state index in [0.717, 1.165) is 55.0 Å². The molecule has 232 valence electrons. The molecule has 2 N–H and O–H groups in total. The highest BCUT2D eigenvalue weighted by atomic mass is 19.1. The van der Waals surface area contributed by atoms with Gasteiger partial charge >= 0.3 is 0 Å². The van der Waals surface area contributed by atoms with Crippen LogP contribution in [0.15, 0.2) is 42.5 Å². The van der Waals surface area contributed by atoms with Gasteiger partial charge in [-0.1, -0.05) is 31.2 Å². The summed E-state index contributed by atoms with van der Waals surface area (Å²) in [7, 11) is 0. The number of benzene rings is 3. The molecular weight excluding hydrogens is 572 g/mol. The van der Waals surface area contributed by atoms with Crippen LogP contribution in [0.25, 0.3) is 32.8 Å². The predicted molar refractivity (Wildman–Crippen MR) is 171 cm³/mol. The van der Waals surface area contributed by atoms with Gasteiger partial charge in [0.05, 0.1) is 11.2 Å². The Labute approximate surface area is 261 Å². The van der Waals surface area contributed by atoms with Gasteiger partial charge in [-0.15, -0.1) is 0 Å². The number of phenolic OH excluding ortho intramolecular Hbond substituents is 1. The Hall–Kier alpha value is -4.00. The van der Waals surface area contributed by atoms with Crippen molar-refractivity contribution in [2.75, 3.05) is 37.7 Å². The fourth-order valence-corrected chi connectivity index (χ4v) is 8.63. The zero-order chi connectivity index (χ0) is 30.9. The number of nitrogens with zero attached hydrogens (tertiary/aromatic N) is 4. The van der Waals surface area contributed by atoms with E-state index in [1.165, 1.54) is 0 Å². The highest BCUT2D eigenvalue weighted by Crippen LogP contribution is 2.44. The Morgan fingerprint density at radius 3 is 2.73 bits per heavy atom. The molecule has 0 spiro atoms. The van der Waals surface area contributed by atoms with Gasteiger partial charge in [0.2, 0.25) is 5.88 Å². The highest BCUT2D eigenvalue weighted by molar-refractivity contribution is 6.04. The molecule has 0 saturated carbocycles. The van der Waals surface area contributed by atoms with Gasteiger partial charge in [0, 0.05) is 49.1 Å². The summed E-state index contributed by atoms with van der Waals surface area (Å²) in [5, 5.41) is 27.1. The average molecular weight is 610 g/mol. The van der Waals surface area contributed by atoms with Gasteiger partial charge in [0.25, 0.3) is 0 Å². The smallest absolute Gasteiger partial charge is 0.234 e. The number of ether oxygens (including phenoxy) is 1. The highest BCUT2D eigenvalue weighted by Gasteiger charge is 2.49. The van der Waals surface area contributed by atoms with Crippen molar-refractivity contribution in [2.24, 2.45) is 0 Å². The summed E-state index contributed by atoms with van der Waals surface area (Å²) in [5.41, 5.74) is 2.61. The van der Waals surface area contributed by atoms with Crippen molar-refractivity contribution in [1.29, 1.82) is 5.26 Å². The minimum atomic E-state index is -0.911. The lowest BCUT2D eigenvalue weighted by Crippen LogP contribution is -2.51. The van der Waals surface area contributed by atoms with Gasteiger partial charge in [0.15, 0.2) is 5.82 Å². The molecule has 4 aromatic rings. The third-order valence-electron chi connectivity index (χ3n) is 10.6. The lowest BCUT2D eigenvalue weighted by molar-refractivity contribution is 0.110. The first-order valence-corrected chi connectivity index (χ1v) is 16.2. The predicted octanol–water partition coefficient (Wildman–Crippen LogP) is 6.23. The molecule has 3 aromatic carbocycles. The number of aryl methyl sites for hydroxylation is 1. The Kier molecular flexibility index (Phi) is 6.84. The van der Waals surface area contributed by atoms with Crippen LogP contribution in [0, 0.1) is 17.1 Å². The first kappa shape index (κ1) is 28.5. The molecule has 1 aromatic heterocycles. The molecule has 2 bridgehead atoms. The van der Waals surface area contributed by atoms with E-state index in [9.17, 15) is 14.8 Å². The number of alkyl halides is 1. The maximum absolute atomic E-state index is 17.0. The third-order valence-corrected chi connectivity index (χ3v) is 10.6. The summed E-state index contributed by atoms with van der Waals surface area (Å²) in [6, 6.07) is 15.8. The summed E-state index contributed by atoms with van der Waals surface area (Å²) < 4.78 is 38.0. The van der Waals surface area contributed by atoms with E-state index in [2.05, 4.69) is 28.1 Å². The lowest BCUT2D eigenvalue weighted by Gasteiger charge is -2.36. The number of aromatic hydroxyl groups is 1. The van der Waals surface area contributed by atoms with Crippen LogP contribution in [0.4, 0.5) is 14.5 Å². The topological polar surface area (TPSA) is 84.6 Å². The molecule has 4 aliphatic rings. The van der Waals surface area contributed by atoms with Crippen LogP contribution in [0.1, 0.15) is 50.2 Å². The number of halogens is 2. The molecule has 5 heterocycles. The lowest BCUT2D eigenvalue weighted by atomic mass is 9.92. The van der Waals surface area contributed by atoms with Crippen molar-refractivity contribution < 1.29 is 18.6 Å². The molecule has 0 unspecified atom stereocenters. The Morgan fingerprint density at radius 2 is 1.96 bits per heavy atom. The first-order chi connectivity index (χ1) is 21.9. The summed E-state index contributed by atoms with van der Waals surface area (Å²) in [6.07, 6.45) is 4.13. The molecule has 0 amide bonds. The maximum Gasteiger partial charge on any atom is 0.234 e. The van der Waals surface area contributed by atoms with Gasteiger partial charge < -0.3 is 20.1 Å². The van der Waals surface area contributed by atoms with Crippen molar-refractivity contribution >= 4 is 27.4 Å². The SMILES string of the molecule is CCc1cccc2cc(O)cc(-c3ccc4c(N5C[C@H]6CC[C@@H](C5)N6)c(C#N)c(OC[C@@]56CCCN5C[C@H](F)C6)nc4c3F)c12. The molecular formula is C36H37F2N5O2. The van der Waals surface area contributed by atoms with Gasteiger partial charge in [0.1, 0.15) is 35.7 Å². The van der Waals surface area contributed by atoms with Crippen LogP contribution in [-0.2, 0) is 6.42 Å². The quantitative estimate of drug-likeness (QED) is 0.268. The summed E-state index contributed by atoms with van der Waals surface area (Å²) in [4.78, 5) is 9.10. The van der Waals surface area contributed by atoms with Gasteiger partial charge in [-0.3, -0.25) is 4.90 Å². The van der Waals surface area contributed by atoms with Crippen LogP contribution in [0.3, 0.4) is 0 Å². The van der Waals surface area contributed by atoms with Crippen molar-refractivity contribution in [3.05, 3.63) is 59.4 Å². The van der Waals surface area contributed by atoms with Crippen molar-refractivity contribution in [2.45, 2.75) is 69.2 Å². The van der Waals surface area contributed by atoms with Crippen molar-refractivity contribution in [3.63, 3.8) is 0 Å². The van der Waals surface area contributed by atoms with Crippen molar-refractivity contribution in [3.8, 4) is 28.8 Å². The largest absolute Gasteiger partial charge is 0.508 e. The number of rotatable bonds is 6. The number of anilines is 1. The molecule has 0 aliphatic carbocycles. The normalized spacial score (nSPS) is 26.1. The Bertz CT molecular complexity index is 1860. The zero-order valence-corrected chi connectivity index (χ0v) is 25.5. The van der Waals surface area contributed by atoms with E-state index < -0.39 is 17.5 Å². The Balaban J connectivity index is 1.31. The minimum Gasteiger partial charge on any atom is -0.508 e. The number of piperazine rings is 1. The second kappa shape index (κ2) is 10.8. The average Bonchev–Trinajstić information content (AvgIpc) is 3.68. The van der Waals surface area contributed by atoms with E-state index in [1.807, 2.05) is 24.3 Å². The van der Waals surface area contributed by atoms with Crippen LogP contribution in [0.2, 0.25) is 0 Å². The first-order valence-electron chi connectivity index (χ1n) is 16.2. The number of nitriles is 1. The molecule has 4 aliphatic heterocycles. The second-order valence-corrected chi connectivity index (χ2v) is 13.3. The molecule has 4 fully saturated rings. The molecule has 4 atom stereocenters. The van der Waals surface area contributed by atoms with Crippen molar-refractivity contribution in [1.82, 2.24) is 15.2 Å². The van der Waals surface area contributed by atoms with Gasteiger partial charge in [-0.25, -0.2) is 13.8 Å². The number of hydrogen-bond donors (Lipinski definition) is 2. The summed E-state index contributed by atoms with van der Waals surface area (Å²) in [5.74, 6) is -0.369. The standard InChI is InChI=1S/C36H37F2N5O2/c1-2-21-5-3-6-22-13-26(44)14-29(31(21)22)27-9-10-28-33(32(27)38)41-35(45-20-36-11-4-12-43(36)17-23(37)15-36)30(16-39)34(28)42-18-24-7-8-25(19-42)40-24/h3,5-6,9-10,13-14,23-25,40,44H,2,4,7-8,11-12,15,17-20H2,1H3/t23-,24-,25+,36+/m1/s1. The number of hydrogen-bond acceptors (Lipinski definition) is 7.